The molecule has 8 nitrogen and oxygen atoms in total. The summed E-state index contributed by atoms with van der Waals surface area (Å²) in [6, 6.07) is 13.6. The molecule has 6 rings (SSSR count). The van der Waals surface area contributed by atoms with Crippen LogP contribution in [0.15, 0.2) is 67.0 Å². The van der Waals surface area contributed by atoms with Crippen LogP contribution in [0, 0.1) is 0 Å². The lowest BCUT2D eigenvalue weighted by Gasteiger charge is -2.33. The summed E-state index contributed by atoms with van der Waals surface area (Å²) in [7, 11) is -3.05. The van der Waals surface area contributed by atoms with Gasteiger partial charge in [0, 0.05) is 35.0 Å². The molecule has 0 aliphatic carbocycles. The fourth-order valence-corrected chi connectivity index (χ4v) is 6.48. The second-order valence-electron chi connectivity index (χ2n) is 8.46. The van der Waals surface area contributed by atoms with E-state index in [0.717, 1.165) is 5.39 Å². The Morgan fingerprint density at radius 3 is 2.64 bits per heavy atom. The van der Waals surface area contributed by atoms with Gasteiger partial charge in [0.1, 0.15) is 23.6 Å². The lowest BCUT2D eigenvalue weighted by molar-refractivity contribution is 0.0649. The Kier molecular flexibility index (Phi) is 4.46. The van der Waals surface area contributed by atoms with Gasteiger partial charge in [0.05, 0.1) is 22.6 Å². The summed E-state index contributed by atoms with van der Waals surface area (Å²) >= 11 is 0. The van der Waals surface area contributed by atoms with Crippen LogP contribution in [-0.4, -0.2) is 37.6 Å². The van der Waals surface area contributed by atoms with Gasteiger partial charge in [0.2, 0.25) is 0 Å². The molecular weight excluding hydrogens is 446 g/mol. The van der Waals surface area contributed by atoms with E-state index in [1.54, 1.807) is 30.3 Å². The lowest BCUT2D eigenvalue weighted by atomic mass is 9.99. The number of benzene rings is 2. The molecule has 2 aromatic carbocycles. The minimum Gasteiger partial charge on any atom is -0.478 e. The number of hydrogen-bond donors (Lipinski definition) is 0. The summed E-state index contributed by atoms with van der Waals surface area (Å²) in [6.45, 7) is 0.641. The van der Waals surface area contributed by atoms with Crippen LogP contribution in [-0.2, 0) is 16.4 Å². The number of nitrogens with zero attached hydrogens (tertiary/aromatic N) is 1. The van der Waals surface area contributed by atoms with E-state index in [1.807, 2.05) is 17.0 Å². The normalized spacial score (nSPS) is 20.1. The summed E-state index contributed by atoms with van der Waals surface area (Å²) < 4.78 is 40.8. The van der Waals surface area contributed by atoms with Crippen molar-refractivity contribution in [1.82, 2.24) is 4.90 Å². The van der Waals surface area contributed by atoms with Gasteiger partial charge in [-0.3, -0.25) is 4.90 Å². The van der Waals surface area contributed by atoms with Gasteiger partial charge in [-0.05, 0) is 30.7 Å². The van der Waals surface area contributed by atoms with Crippen LogP contribution in [0.5, 0.6) is 5.75 Å². The van der Waals surface area contributed by atoms with Crippen LogP contribution >= 0.6 is 0 Å². The molecule has 33 heavy (non-hydrogen) atoms. The molecule has 4 heterocycles. The third kappa shape index (κ3) is 3.44. The number of para-hydroxylation sites is 1. The molecule has 0 spiro atoms. The second kappa shape index (κ2) is 7.29. The minimum atomic E-state index is -3.05. The highest BCUT2D eigenvalue weighted by molar-refractivity contribution is 7.91. The Morgan fingerprint density at radius 1 is 0.970 bits per heavy atom. The van der Waals surface area contributed by atoms with E-state index in [2.05, 4.69) is 0 Å². The molecule has 168 valence electrons. The number of sulfone groups is 1. The van der Waals surface area contributed by atoms with Crippen molar-refractivity contribution >= 4 is 31.8 Å². The molecule has 1 atom stereocenters. The Balaban J connectivity index is 1.51. The molecule has 0 N–H and O–H groups in total. The van der Waals surface area contributed by atoms with E-state index in [4.69, 9.17) is 13.6 Å². The van der Waals surface area contributed by atoms with Crippen molar-refractivity contribution in [2.45, 2.75) is 19.0 Å². The summed E-state index contributed by atoms with van der Waals surface area (Å²) in [4.78, 5) is 27.3. The van der Waals surface area contributed by atoms with Gasteiger partial charge in [-0.25, -0.2) is 18.0 Å². The lowest BCUT2D eigenvalue weighted by Crippen LogP contribution is -2.41. The maximum absolute atomic E-state index is 12.8. The molecule has 9 heteroatoms. The summed E-state index contributed by atoms with van der Waals surface area (Å²) in [5, 5.41) is 1.32. The quantitative estimate of drug-likeness (QED) is 0.416. The van der Waals surface area contributed by atoms with Gasteiger partial charge in [0.25, 0.3) is 0 Å². The third-order valence-electron chi connectivity index (χ3n) is 6.38. The topological polar surface area (TPSA) is 107 Å². The third-order valence-corrected chi connectivity index (χ3v) is 8.13. The molecule has 0 radical (unpaired) electrons. The standard InChI is InChI=1S/C24H19NO7S/c26-22-10-17(18-9-14-3-1-2-4-20(14)31-24(18)27)16-5-6-21-19(23(16)32-22)11-25(13-30-21)15-7-8-33(28,29)12-15/h1-6,9-10,15H,7-8,11-13H2. The Morgan fingerprint density at radius 2 is 1.82 bits per heavy atom. The monoisotopic (exact) mass is 465 g/mol. The first kappa shape index (κ1) is 20.2. The van der Waals surface area contributed by atoms with Crippen molar-refractivity contribution in [3.8, 4) is 16.9 Å². The number of hydrogen-bond acceptors (Lipinski definition) is 8. The van der Waals surface area contributed by atoms with E-state index < -0.39 is 21.1 Å². The van der Waals surface area contributed by atoms with Crippen LogP contribution < -0.4 is 16.0 Å². The maximum atomic E-state index is 12.8. The maximum Gasteiger partial charge on any atom is 0.344 e. The zero-order valence-electron chi connectivity index (χ0n) is 17.4. The molecule has 2 aromatic heterocycles. The van der Waals surface area contributed by atoms with Gasteiger partial charge in [-0.2, -0.15) is 0 Å². The smallest absolute Gasteiger partial charge is 0.344 e. The molecule has 2 aliphatic heterocycles. The van der Waals surface area contributed by atoms with Crippen LogP contribution in [0.1, 0.15) is 12.0 Å². The number of ether oxygens (including phenoxy) is 1. The van der Waals surface area contributed by atoms with Crippen molar-refractivity contribution < 1.29 is 22.0 Å². The van der Waals surface area contributed by atoms with Gasteiger partial charge >= 0.3 is 11.3 Å². The Bertz CT molecular complexity index is 1650. The largest absolute Gasteiger partial charge is 0.478 e. The van der Waals surface area contributed by atoms with Crippen LogP contribution in [0.4, 0.5) is 0 Å². The first-order chi connectivity index (χ1) is 15.9. The first-order valence-corrected chi connectivity index (χ1v) is 12.4. The van der Waals surface area contributed by atoms with Crippen LogP contribution in [0.2, 0.25) is 0 Å². The summed E-state index contributed by atoms with van der Waals surface area (Å²) in [5.41, 5.74) is 0.990. The van der Waals surface area contributed by atoms with Gasteiger partial charge in [-0.15, -0.1) is 0 Å². The average Bonchev–Trinajstić information content (AvgIpc) is 3.17. The van der Waals surface area contributed by atoms with Crippen molar-refractivity contribution in [3.05, 3.63) is 74.9 Å². The van der Waals surface area contributed by atoms with Gasteiger partial charge < -0.3 is 13.6 Å². The molecule has 4 aromatic rings. The molecule has 0 amide bonds. The molecule has 2 aliphatic rings. The number of fused-ring (bicyclic) bond motifs is 4. The van der Waals surface area contributed by atoms with Crippen LogP contribution in [0.3, 0.4) is 0 Å². The van der Waals surface area contributed by atoms with E-state index in [0.29, 0.717) is 46.4 Å². The second-order valence-corrected chi connectivity index (χ2v) is 10.7. The fourth-order valence-electron chi connectivity index (χ4n) is 4.72. The minimum absolute atomic E-state index is 0.0871. The van der Waals surface area contributed by atoms with E-state index in [9.17, 15) is 18.0 Å². The van der Waals surface area contributed by atoms with E-state index >= 15 is 0 Å². The van der Waals surface area contributed by atoms with Gasteiger partial charge in [0.15, 0.2) is 9.84 Å². The number of rotatable bonds is 2. The molecule has 1 fully saturated rings. The summed E-state index contributed by atoms with van der Waals surface area (Å²) in [5.74, 6) is 0.822. The van der Waals surface area contributed by atoms with Crippen molar-refractivity contribution in [2.75, 3.05) is 18.2 Å². The Hall–Kier alpha value is -3.43. The molecular formula is C24H19NO7S. The highest BCUT2D eigenvalue weighted by atomic mass is 32.2. The predicted octanol–water partition coefficient (Wildman–Crippen LogP) is 2.91. The molecule has 0 bridgehead atoms. The highest BCUT2D eigenvalue weighted by Gasteiger charge is 2.35. The zero-order chi connectivity index (χ0) is 22.7. The molecule has 0 saturated carbocycles. The molecule has 1 saturated heterocycles. The van der Waals surface area contributed by atoms with E-state index in [1.165, 1.54) is 6.07 Å². The van der Waals surface area contributed by atoms with Crippen LogP contribution in [0.25, 0.3) is 33.1 Å². The predicted molar refractivity (Wildman–Crippen MR) is 122 cm³/mol. The van der Waals surface area contributed by atoms with E-state index in [-0.39, 0.29) is 29.8 Å². The SMILES string of the molecule is O=c1cc(-c2cc3ccccc3oc2=O)c2ccc3c(c2o1)CN(C1CCS(=O)(=O)C1)CO3. The average molecular weight is 465 g/mol. The van der Waals surface area contributed by atoms with Gasteiger partial charge in [-0.1, -0.05) is 18.2 Å². The zero-order valence-corrected chi connectivity index (χ0v) is 18.3. The fraction of sp³-hybridized carbons (Fsp3) is 0.250. The molecule has 1 unspecified atom stereocenters. The van der Waals surface area contributed by atoms with Crippen molar-refractivity contribution in [3.63, 3.8) is 0 Å². The van der Waals surface area contributed by atoms with Crippen molar-refractivity contribution in [2.24, 2.45) is 0 Å². The van der Waals surface area contributed by atoms with Crippen molar-refractivity contribution in [1.29, 1.82) is 0 Å². The summed E-state index contributed by atoms with van der Waals surface area (Å²) in [6.07, 6.45) is 0.541. The Labute approximate surface area is 187 Å². The first-order valence-electron chi connectivity index (χ1n) is 10.6. The highest BCUT2D eigenvalue weighted by Crippen LogP contribution is 2.37.